The Kier molecular flexibility index (Phi) is 3.97. The van der Waals surface area contributed by atoms with Gasteiger partial charge >= 0.3 is 0 Å². The van der Waals surface area contributed by atoms with Gasteiger partial charge in [-0.1, -0.05) is 38.1 Å². The van der Waals surface area contributed by atoms with E-state index in [4.69, 9.17) is 11.6 Å². The molecule has 2 rings (SSSR count). The molecule has 0 unspecified atom stereocenters. The molecule has 18 heavy (non-hydrogen) atoms. The molecule has 1 aromatic heterocycles. The molecule has 1 heterocycles. The van der Waals surface area contributed by atoms with Gasteiger partial charge in [0.15, 0.2) is 5.82 Å². The largest absolute Gasteiger partial charge is 0.233 e. The van der Waals surface area contributed by atoms with Gasteiger partial charge in [-0.2, -0.15) is 0 Å². The number of halogens is 1. The number of aryl methyl sites for hydroxylation is 1. The summed E-state index contributed by atoms with van der Waals surface area (Å²) in [5.74, 6) is 1.71. The molecule has 0 N–H and O–H groups in total. The van der Waals surface area contributed by atoms with E-state index in [2.05, 4.69) is 48.1 Å². The number of hydrogen-bond donors (Lipinski definition) is 0. The van der Waals surface area contributed by atoms with Crippen molar-refractivity contribution < 1.29 is 0 Å². The van der Waals surface area contributed by atoms with Gasteiger partial charge in [-0.05, 0) is 24.5 Å². The van der Waals surface area contributed by atoms with Gasteiger partial charge in [-0.3, -0.25) is 0 Å². The highest BCUT2D eigenvalue weighted by atomic mass is 35.5. The fourth-order valence-corrected chi connectivity index (χ4v) is 1.99. The Balaban J connectivity index is 2.39. The van der Waals surface area contributed by atoms with Gasteiger partial charge in [0.25, 0.3) is 0 Å². The SMILES string of the molecule is Cc1cc(CCl)nc(-c2ccc(C(C)C)cc2)n1. The van der Waals surface area contributed by atoms with Crippen molar-refractivity contribution in [3.8, 4) is 11.4 Å². The van der Waals surface area contributed by atoms with Crippen LogP contribution in [0.2, 0.25) is 0 Å². The third-order valence-electron chi connectivity index (χ3n) is 2.88. The molecule has 0 fully saturated rings. The molecule has 0 radical (unpaired) electrons. The molecule has 2 aromatic rings. The highest BCUT2D eigenvalue weighted by molar-refractivity contribution is 6.16. The average molecular weight is 261 g/mol. The smallest absolute Gasteiger partial charge is 0.159 e. The Bertz CT molecular complexity index is 533. The van der Waals surface area contributed by atoms with Crippen LogP contribution in [0.5, 0.6) is 0 Å². The van der Waals surface area contributed by atoms with Crippen LogP contribution < -0.4 is 0 Å². The maximum Gasteiger partial charge on any atom is 0.159 e. The topological polar surface area (TPSA) is 25.8 Å². The van der Waals surface area contributed by atoms with Gasteiger partial charge in [0.1, 0.15) is 0 Å². The van der Waals surface area contributed by atoms with Crippen molar-refractivity contribution in [2.75, 3.05) is 0 Å². The van der Waals surface area contributed by atoms with Crippen molar-refractivity contribution in [1.82, 2.24) is 9.97 Å². The van der Waals surface area contributed by atoms with Crippen molar-refractivity contribution in [2.24, 2.45) is 0 Å². The van der Waals surface area contributed by atoms with Crippen molar-refractivity contribution in [2.45, 2.75) is 32.6 Å². The highest BCUT2D eigenvalue weighted by Gasteiger charge is 2.05. The van der Waals surface area contributed by atoms with Crippen LogP contribution in [0.3, 0.4) is 0 Å². The zero-order valence-corrected chi connectivity index (χ0v) is 11.7. The molecule has 0 bridgehead atoms. The minimum atomic E-state index is 0.417. The van der Waals surface area contributed by atoms with Gasteiger partial charge < -0.3 is 0 Å². The lowest BCUT2D eigenvalue weighted by Crippen LogP contribution is -1.96. The second-order valence-electron chi connectivity index (χ2n) is 4.73. The molecule has 0 spiro atoms. The molecule has 2 nitrogen and oxygen atoms in total. The third-order valence-corrected chi connectivity index (χ3v) is 3.15. The maximum absolute atomic E-state index is 5.83. The van der Waals surface area contributed by atoms with Gasteiger partial charge in [0.2, 0.25) is 0 Å². The van der Waals surface area contributed by atoms with E-state index in [1.54, 1.807) is 0 Å². The average Bonchev–Trinajstić information content (AvgIpc) is 2.38. The van der Waals surface area contributed by atoms with E-state index in [0.29, 0.717) is 11.8 Å². The summed E-state index contributed by atoms with van der Waals surface area (Å²) in [5.41, 5.74) is 4.18. The van der Waals surface area contributed by atoms with E-state index in [1.165, 1.54) is 5.56 Å². The number of aromatic nitrogens is 2. The van der Waals surface area contributed by atoms with E-state index in [-0.39, 0.29) is 0 Å². The minimum absolute atomic E-state index is 0.417. The van der Waals surface area contributed by atoms with E-state index < -0.39 is 0 Å². The quantitative estimate of drug-likeness (QED) is 0.769. The molecule has 0 amide bonds. The summed E-state index contributed by atoms with van der Waals surface area (Å²) in [6.45, 7) is 6.33. The fourth-order valence-electron chi connectivity index (χ4n) is 1.85. The Morgan fingerprint density at radius 2 is 1.78 bits per heavy atom. The van der Waals surface area contributed by atoms with E-state index in [0.717, 1.165) is 22.8 Å². The zero-order chi connectivity index (χ0) is 13.1. The predicted molar refractivity (Wildman–Crippen MR) is 75.9 cm³/mol. The third kappa shape index (κ3) is 2.88. The summed E-state index contributed by atoms with van der Waals surface area (Å²) < 4.78 is 0. The normalized spacial score (nSPS) is 10.9. The fraction of sp³-hybridized carbons (Fsp3) is 0.333. The summed E-state index contributed by atoms with van der Waals surface area (Å²) in [7, 11) is 0. The number of alkyl halides is 1. The Labute approximate surface area is 113 Å². The maximum atomic E-state index is 5.83. The zero-order valence-electron chi connectivity index (χ0n) is 10.9. The summed E-state index contributed by atoms with van der Waals surface area (Å²) in [6.07, 6.45) is 0. The van der Waals surface area contributed by atoms with Crippen LogP contribution in [-0.4, -0.2) is 9.97 Å². The lowest BCUT2D eigenvalue weighted by Gasteiger charge is -2.07. The Hall–Kier alpha value is -1.41. The first kappa shape index (κ1) is 13.0. The molecule has 3 heteroatoms. The first-order valence-electron chi connectivity index (χ1n) is 6.11. The second kappa shape index (κ2) is 5.49. The summed E-state index contributed by atoms with van der Waals surface area (Å²) in [5, 5.41) is 0. The molecular weight excluding hydrogens is 244 g/mol. The molecule has 1 aromatic carbocycles. The van der Waals surface area contributed by atoms with Gasteiger partial charge in [0, 0.05) is 11.3 Å². The lowest BCUT2D eigenvalue weighted by molar-refractivity contribution is 0.866. The lowest BCUT2D eigenvalue weighted by atomic mass is 10.0. The number of hydrogen-bond acceptors (Lipinski definition) is 2. The predicted octanol–water partition coefficient (Wildman–Crippen LogP) is 4.31. The van der Waals surface area contributed by atoms with Crippen molar-refractivity contribution in [1.29, 1.82) is 0 Å². The summed E-state index contributed by atoms with van der Waals surface area (Å²) in [6, 6.07) is 10.3. The number of nitrogens with zero attached hydrogens (tertiary/aromatic N) is 2. The second-order valence-corrected chi connectivity index (χ2v) is 5.00. The van der Waals surface area contributed by atoms with E-state index in [9.17, 15) is 0 Å². The van der Waals surface area contributed by atoms with Gasteiger partial charge in [-0.25, -0.2) is 9.97 Å². The number of rotatable bonds is 3. The van der Waals surface area contributed by atoms with Crippen LogP contribution in [0.15, 0.2) is 30.3 Å². The first-order valence-corrected chi connectivity index (χ1v) is 6.64. The standard InChI is InChI=1S/C15H17ClN2/c1-10(2)12-4-6-13(7-5-12)15-17-11(3)8-14(9-16)18-15/h4-8,10H,9H2,1-3H3. The van der Waals surface area contributed by atoms with Gasteiger partial charge in [0.05, 0.1) is 11.6 Å². The van der Waals surface area contributed by atoms with Crippen LogP contribution in [0.1, 0.15) is 36.7 Å². The first-order chi connectivity index (χ1) is 8.60. The monoisotopic (exact) mass is 260 g/mol. The Morgan fingerprint density at radius 3 is 2.33 bits per heavy atom. The minimum Gasteiger partial charge on any atom is -0.233 e. The van der Waals surface area contributed by atoms with E-state index in [1.807, 2.05) is 13.0 Å². The summed E-state index contributed by atoms with van der Waals surface area (Å²) >= 11 is 5.83. The highest BCUT2D eigenvalue weighted by Crippen LogP contribution is 2.20. The number of benzene rings is 1. The molecule has 0 saturated heterocycles. The Morgan fingerprint density at radius 1 is 1.11 bits per heavy atom. The molecular formula is C15H17ClN2. The van der Waals surface area contributed by atoms with Crippen molar-refractivity contribution in [3.05, 3.63) is 47.3 Å². The van der Waals surface area contributed by atoms with Crippen LogP contribution in [0, 0.1) is 6.92 Å². The van der Waals surface area contributed by atoms with E-state index >= 15 is 0 Å². The van der Waals surface area contributed by atoms with Crippen molar-refractivity contribution in [3.63, 3.8) is 0 Å². The molecule has 0 saturated carbocycles. The van der Waals surface area contributed by atoms with Crippen LogP contribution in [0.4, 0.5) is 0 Å². The molecule has 0 aliphatic rings. The van der Waals surface area contributed by atoms with Crippen LogP contribution in [0.25, 0.3) is 11.4 Å². The van der Waals surface area contributed by atoms with Crippen molar-refractivity contribution >= 4 is 11.6 Å². The van der Waals surface area contributed by atoms with Gasteiger partial charge in [-0.15, -0.1) is 11.6 Å². The van der Waals surface area contributed by atoms with Crippen LogP contribution in [-0.2, 0) is 5.88 Å². The molecule has 0 aliphatic heterocycles. The molecule has 0 atom stereocenters. The molecule has 0 aliphatic carbocycles. The summed E-state index contributed by atoms with van der Waals surface area (Å²) in [4.78, 5) is 8.91. The molecule has 94 valence electrons. The van der Waals surface area contributed by atoms with Crippen LogP contribution >= 0.6 is 11.6 Å².